The number of aryl methyl sites for hydroxylation is 1. The lowest BCUT2D eigenvalue weighted by Crippen LogP contribution is -1.93. The van der Waals surface area contributed by atoms with E-state index in [1.54, 1.807) is 11.8 Å². The third-order valence-electron chi connectivity index (χ3n) is 4.77. The Morgan fingerprint density at radius 1 is 1.04 bits per heavy atom. The third kappa shape index (κ3) is 2.01. The molecule has 26 heavy (non-hydrogen) atoms. The Kier molecular flexibility index (Phi) is 3.15. The van der Waals surface area contributed by atoms with E-state index in [0.717, 1.165) is 26.8 Å². The molecule has 1 heterocycles. The first-order valence-corrected chi connectivity index (χ1v) is 9.08. The van der Waals surface area contributed by atoms with Crippen molar-refractivity contribution in [2.75, 3.05) is 0 Å². The predicted octanol–water partition coefficient (Wildman–Crippen LogP) is 4.92. The van der Waals surface area contributed by atoms with Gasteiger partial charge < -0.3 is 0 Å². The van der Waals surface area contributed by atoms with E-state index in [4.69, 9.17) is 0 Å². The zero-order valence-corrected chi connectivity index (χ0v) is 14.7. The number of nitrogens with zero attached hydrogens (tertiary/aromatic N) is 2. The lowest BCUT2D eigenvalue weighted by atomic mass is 10.0. The Morgan fingerprint density at radius 2 is 1.88 bits per heavy atom. The van der Waals surface area contributed by atoms with Crippen molar-refractivity contribution >= 4 is 39.7 Å². The van der Waals surface area contributed by atoms with Gasteiger partial charge in [0.15, 0.2) is 0 Å². The molecule has 0 spiro atoms. The van der Waals surface area contributed by atoms with Gasteiger partial charge in [0.25, 0.3) is 5.91 Å². The van der Waals surface area contributed by atoms with Gasteiger partial charge in [-0.25, -0.2) is 4.99 Å². The number of fused-ring (bicyclic) bond motifs is 3. The minimum atomic E-state index is -0.432. The summed E-state index contributed by atoms with van der Waals surface area (Å²) in [6, 6.07) is 20.6. The topological polar surface area (TPSA) is 53.2 Å². The van der Waals surface area contributed by atoms with Gasteiger partial charge in [-0.2, -0.15) is 5.26 Å². The first kappa shape index (κ1) is 15.1. The normalized spacial score (nSPS) is 14.6. The van der Waals surface area contributed by atoms with Crippen LogP contribution in [0.15, 0.2) is 75.0 Å². The van der Waals surface area contributed by atoms with Crippen molar-refractivity contribution in [1.82, 2.24) is 0 Å². The van der Waals surface area contributed by atoms with Crippen LogP contribution in [0, 0.1) is 18.3 Å². The molecule has 0 saturated heterocycles. The van der Waals surface area contributed by atoms with Crippen LogP contribution in [0.1, 0.15) is 16.7 Å². The van der Waals surface area contributed by atoms with E-state index in [-0.39, 0.29) is 5.57 Å². The zero-order valence-electron chi connectivity index (χ0n) is 13.9. The Balaban J connectivity index is 1.74. The maximum atomic E-state index is 12.0. The van der Waals surface area contributed by atoms with Gasteiger partial charge in [-0.15, -0.1) is 0 Å². The van der Waals surface area contributed by atoms with E-state index in [9.17, 15) is 10.1 Å². The number of aliphatic imine (C=N–C) groups is 1. The molecule has 5 rings (SSSR count). The summed E-state index contributed by atoms with van der Waals surface area (Å²) in [5.41, 5.74) is 4.59. The summed E-state index contributed by atoms with van der Waals surface area (Å²) >= 11 is 1.72. The smallest absolute Gasteiger partial charge is 0.266 e. The van der Waals surface area contributed by atoms with Gasteiger partial charge in [-0.3, -0.25) is 4.79 Å². The van der Waals surface area contributed by atoms with E-state index < -0.39 is 5.91 Å². The highest BCUT2D eigenvalue weighted by molar-refractivity contribution is 7.99. The number of carbonyl (C=O) groups excluding carboxylic acids is 1. The molecule has 122 valence electrons. The standard InChI is InChI=1S/C22H12N2OS/c1-12-4-2-5-13(10-12)26-18-9-8-16-19-14(18)6-3-7-15(19)20-17(11-23)22(25)24-21(16)20/h2-10H,1H3. The Hall–Kier alpha value is -3.16. The molecule has 0 saturated carbocycles. The average Bonchev–Trinajstić information content (AvgIpc) is 3.12. The van der Waals surface area contributed by atoms with Gasteiger partial charge in [-0.1, -0.05) is 53.7 Å². The number of carbonyl (C=O) groups is 1. The van der Waals surface area contributed by atoms with Crippen LogP contribution in [-0.4, -0.2) is 11.6 Å². The number of hydrogen-bond acceptors (Lipinski definition) is 3. The molecule has 0 unspecified atom stereocenters. The zero-order chi connectivity index (χ0) is 17.8. The highest BCUT2D eigenvalue weighted by Crippen LogP contribution is 2.45. The molecule has 1 amide bonds. The Bertz CT molecular complexity index is 1240. The summed E-state index contributed by atoms with van der Waals surface area (Å²) in [4.78, 5) is 18.5. The molecular weight excluding hydrogens is 340 g/mol. The maximum absolute atomic E-state index is 12.0. The van der Waals surface area contributed by atoms with Gasteiger partial charge >= 0.3 is 0 Å². The fraction of sp³-hybridized carbons (Fsp3) is 0.0455. The van der Waals surface area contributed by atoms with E-state index >= 15 is 0 Å². The number of nitriles is 1. The first-order valence-electron chi connectivity index (χ1n) is 8.26. The van der Waals surface area contributed by atoms with Crippen molar-refractivity contribution in [2.45, 2.75) is 16.7 Å². The lowest BCUT2D eigenvalue weighted by molar-refractivity contribution is -0.113. The second-order valence-corrected chi connectivity index (χ2v) is 7.50. The highest BCUT2D eigenvalue weighted by atomic mass is 32.2. The van der Waals surface area contributed by atoms with Crippen molar-refractivity contribution < 1.29 is 4.79 Å². The van der Waals surface area contributed by atoms with Gasteiger partial charge in [-0.05, 0) is 36.1 Å². The van der Waals surface area contributed by atoms with Gasteiger partial charge in [0, 0.05) is 26.3 Å². The average molecular weight is 352 g/mol. The number of amides is 1. The van der Waals surface area contributed by atoms with Gasteiger partial charge in [0.1, 0.15) is 11.6 Å². The summed E-state index contributed by atoms with van der Waals surface area (Å²) in [7, 11) is 0. The summed E-state index contributed by atoms with van der Waals surface area (Å²) < 4.78 is 0. The van der Waals surface area contributed by atoms with Crippen molar-refractivity contribution in [3.05, 3.63) is 76.9 Å². The number of benzene rings is 3. The van der Waals surface area contributed by atoms with Crippen molar-refractivity contribution in [3.63, 3.8) is 0 Å². The second-order valence-electron chi connectivity index (χ2n) is 6.39. The molecule has 0 aromatic heterocycles. The molecule has 3 nitrogen and oxygen atoms in total. The van der Waals surface area contributed by atoms with Crippen LogP contribution in [0.3, 0.4) is 0 Å². The molecule has 3 aromatic rings. The van der Waals surface area contributed by atoms with Crippen LogP contribution in [-0.2, 0) is 4.79 Å². The molecule has 0 radical (unpaired) electrons. The van der Waals surface area contributed by atoms with Crippen molar-refractivity contribution in [2.24, 2.45) is 4.99 Å². The van der Waals surface area contributed by atoms with Crippen LogP contribution < -0.4 is 0 Å². The molecule has 4 heteroatoms. The minimum Gasteiger partial charge on any atom is -0.266 e. The van der Waals surface area contributed by atoms with E-state index in [1.165, 1.54) is 10.5 Å². The van der Waals surface area contributed by atoms with Crippen LogP contribution >= 0.6 is 11.8 Å². The molecule has 0 fully saturated rings. The van der Waals surface area contributed by atoms with E-state index in [1.807, 2.05) is 24.3 Å². The molecule has 0 bridgehead atoms. The van der Waals surface area contributed by atoms with Gasteiger partial charge in [0.2, 0.25) is 0 Å². The van der Waals surface area contributed by atoms with Crippen molar-refractivity contribution in [3.8, 4) is 6.07 Å². The third-order valence-corrected chi connectivity index (χ3v) is 5.83. The molecule has 2 aliphatic rings. The van der Waals surface area contributed by atoms with Crippen LogP contribution in [0.25, 0.3) is 16.3 Å². The summed E-state index contributed by atoms with van der Waals surface area (Å²) in [6.45, 7) is 2.09. The monoisotopic (exact) mass is 352 g/mol. The van der Waals surface area contributed by atoms with E-state index in [0.29, 0.717) is 11.3 Å². The Morgan fingerprint density at radius 3 is 2.69 bits per heavy atom. The lowest BCUT2D eigenvalue weighted by Gasteiger charge is -2.09. The largest absolute Gasteiger partial charge is 0.288 e. The maximum Gasteiger partial charge on any atom is 0.288 e. The minimum absolute atomic E-state index is 0.150. The number of allylic oxidation sites excluding steroid dienone is 1. The fourth-order valence-electron chi connectivity index (χ4n) is 3.68. The SMILES string of the molecule is Cc1cccc(Sc2ccc3c4c(cccc24)C2=C(C#N)C(=O)N=C23)c1. The molecular formula is C22H12N2OS. The molecule has 0 atom stereocenters. The van der Waals surface area contributed by atoms with E-state index in [2.05, 4.69) is 48.3 Å². The summed E-state index contributed by atoms with van der Waals surface area (Å²) in [5, 5.41) is 11.6. The molecule has 0 N–H and O–H groups in total. The fourth-order valence-corrected chi connectivity index (χ4v) is 4.74. The van der Waals surface area contributed by atoms with Crippen LogP contribution in [0.4, 0.5) is 0 Å². The molecule has 1 aliphatic carbocycles. The predicted molar refractivity (Wildman–Crippen MR) is 103 cm³/mol. The number of rotatable bonds is 2. The highest BCUT2D eigenvalue weighted by Gasteiger charge is 2.36. The molecule has 3 aromatic carbocycles. The quantitative estimate of drug-likeness (QED) is 0.658. The first-order chi connectivity index (χ1) is 12.7. The van der Waals surface area contributed by atoms with Crippen LogP contribution in [0.5, 0.6) is 0 Å². The summed E-state index contributed by atoms with van der Waals surface area (Å²) in [5.74, 6) is -0.432. The molecule has 1 aliphatic heterocycles. The van der Waals surface area contributed by atoms with Gasteiger partial charge in [0.05, 0.1) is 5.71 Å². The summed E-state index contributed by atoms with van der Waals surface area (Å²) in [6.07, 6.45) is 0. The number of hydrogen-bond donors (Lipinski definition) is 0. The van der Waals surface area contributed by atoms with Crippen LogP contribution in [0.2, 0.25) is 0 Å². The Labute approximate surface area is 154 Å². The second kappa shape index (κ2) is 5.42. The van der Waals surface area contributed by atoms with Crippen molar-refractivity contribution in [1.29, 1.82) is 5.26 Å².